The average molecular weight is 251 g/mol. The first-order valence-electron chi connectivity index (χ1n) is 5.96. The SMILES string of the molecule is NNC(=O)c1ccc2cc(-c3ccccc3)cn2c1. The number of nitrogens with two attached hydrogens (primary N) is 1. The first-order valence-corrected chi connectivity index (χ1v) is 5.96. The maximum atomic E-state index is 11.5. The number of nitrogen functional groups attached to an aromatic ring is 1. The number of rotatable bonds is 2. The Hall–Kier alpha value is -2.59. The average Bonchev–Trinajstić information content (AvgIpc) is 2.90. The minimum atomic E-state index is -0.295. The fourth-order valence-corrected chi connectivity index (χ4v) is 2.12. The van der Waals surface area contributed by atoms with Crippen LogP contribution in [-0.4, -0.2) is 10.3 Å². The number of amides is 1. The van der Waals surface area contributed by atoms with Gasteiger partial charge in [0.1, 0.15) is 0 Å². The summed E-state index contributed by atoms with van der Waals surface area (Å²) in [5, 5.41) is 0. The van der Waals surface area contributed by atoms with Crippen molar-refractivity contribution in [1.82, 2.24) is 9.83 Å². The molecule has 0 aliphatic carbocycles. The molecule has 0 spiro atoms. The van der Waals surface area contributed by atoms with E-state index in [0.29, 0.717) is 5.56 Å². The van der Waals surface area contributed by atoms with Gasteiger partial charge in [-0.05, 0) is 23.8 Å². The number of fused-ring (bicyclic) bond motifs is 1. The van der Waals surface area contributed by atoms with Gasteiger partial charge in [-0.3, -0.25) is 10.2 Å². The van der Waals surface area contributed by atoms with Gasteiger partial charge in [0.15, 0.2) is 0 Å². The Bertz CT molecular complexity index is 731. The van der Waals surface area contributed by atoms with Crippen molar-refractivity contribution in [3.05, 3.63) is 66.5 Å². The molecule has 0 radical (unpaired) electrons. The molecule has 1 amide bonds. The molecule has 0 fully saturated rings. The zero-order valence-electron chi connectivity index (χ0n) is 10.2. The Morgan fingerprint density at radius 2 is 1.79 bits per heavy atom. The molecule has 0 saturated carbocycles. The molecule has 4 nitrogen and oxygen atoms in total. The summed E-state index contributed by atoms with van der Waals surface area (Å²) in [6.07, 6.45) is 3.77. The fourth-order valence-electron chi connectivity index (χ4n) is 2.12. The molecule has 0 unspecified atom stereocenters. The third-order valence-electron chi connectivity index (χ3n) is 3.09. The molecule has 19 heavy (non-hydrogen) atoms. The molecule has 2 heterocycles. The highest BCUT2D eigenvalue weighted by atomic mass is 16.2. The summed E-state index contributed by atoms with van der Waals surface area (Å²) in [6, 6.07) is 15.9. The van der Waals surface area contributed by atoms with Crippen LogP contribution in [0.3, 0.4) is 0 Å². The number of nitrogens with one attached hydrogen (secondary N) is 1. The molecule has 3 N–H and O–H groups in total. The summed E-state index contributed by atoms with van der Waals surface area (Å²) in [7, 11) is 0. The van der Waals surface area contributed by atoms with Gasteiger partial charge in [0.25, 0.3) is 5.91 Å². The first-order chi connectivity index (χ1) is 9.28. The van der Waals surface area contributed by atoms with E-state index in [1.54, 1.807) is 12.3 Å². The summed E-state index contributed by atoms with van der Waals surface area (Å²) < 4.78 is 1.92. The van der Waals surface area contributed by atoms with E-state index in [2.05, 4.69) is 23.6 Å². The van der Waals surface area contributed by atoms with E-state index in [4.69, 9.17) is 5.84 Å². The Morgan fingerprint density at radius 1 is 1.00 bits per heavy atom. The third kappa shape index (κ3) is 2.09. The number of aromatic nitrogens is 1. The lowest BCUT2D eigenvalue weighted by molar-refractivity contribution is 0.0953. The van der Waals surface area contributed by atoms with Crippen LogP contribution in [0.1, 0.15) is 10.4 Å². The first kappa shape index (κ1) is 11.5. The zero-order valence-corrected chi connectivity index (χ0v) is 10.2. The maximum absolute atomic E-state index is 11.5. The lowest BCUT2D eigenvalue weighted by Crippen LogP contribution is -2.30. The van der Waals surface area contributed by atoms with E-state index in [9.17, 15) is 4.79 Å². The number of carbonyl (C=O) groups excluding carboxylic acids is 1. The van der Waals surface area contributed by atoms with Crippen molar-refractivity contribution in [2.45, 2.75) is 0 Å². The van der Waals surface area contributed by atoms with Crippen molar-refractivity contribution in [2.24, 2.45) is 5.84 Å². The van der Waals surface area contributed by atoms with E-state index in [0.717, 1.165) is 16.6 Å². The number of pyridine rings is 1. The summed E-state index contributed by atoms with van der Waals surface area (Å²) in [5.74, 6) is 4.84. The van der Waals surface area contributed by atoms with Gasteiger partial charge in [-0.1, -0.05) is 30.3 Å². The van der Waals surface area contributed by atoms with Crippen molar-refractivity contribution in [3.63, 3.8) is 0 Å². The Kier molecular flexibility index (Phi) is 2.78. The van der Waals surface area contributed by atoms with Crippen LogP contribution in [-0.2, 0) is 0 Å². The summed E-state index contributed by atoms with van der Waals surface area (Å²) in [6.45, 7) is 0. The predicted molar refractivity (Wildman–Crippen MR) is 74.5 cm³/mol. The number of hydrazine groups is 1. The molecule has 94 valence electrons. The highest BCUT2D eigenvalue weighted by Gasteiger charge is 2.06. The molecule has 3 aromatic rings. The second-order valence-electron chi connectivity index (χ2n) is 4.32. The molecule has 0 aliphatic rings. The number of benzene rings is 1. The molecule has 3 rings (SSSR count). The van der Waals surface area contributed by atoms with Gasteiger partial charge < -0.3 is 4.40 Å². The van der Waals surface area contributed by atoms with Crippen LogP contribution in [0.2, 0.25) is 0 Å². The minimum Gasteiger partial charge on any atom is -0.322 e. The second-order valence-corrected chi connectivity index (χ2v) is 4.32. The van der Waals surface area contributed by atoms with E-state index in [1.807, 2.05) is 34.9 Å². The van der Waals surface area contributed by atoms with Gasteiger partial charge in [0.2, 0.25) is 0 Å². The van der Waals surface area contributed by atoms with E-state index in [-0.39, 0.29) is 5.91 Å². The second kappa shape index (κ2) is 4.59. The minimum absolute atomic E-state index is 0.295. The molecule has 0 atom stereocenters. The van der Waals surface area contributed by atoms with E-state index >= 15 is 0 Å². The Morgan fingerprint density at radius 3 is 2.53 bits per heavy atom. The largest absolute Gasteiger partial charge is 0.322 e. The van der Waals surface area contributed by atoms with Crippen molar-refractivity contribution in [1.29, 1.82) is 0 Å². The van der Waals surface area contributed by atoms with Crippen LogP contribution < -0.4 is 11.3 Å². The number of carbonyl (C=O) groups is 1. The van der Waals surface area contributed by atoms with Gasteiger partial charge in [0, 0.05) is 23.5 Å². The number of hydrogen-bond acceptors (Lipinski definition) is 2. The summed E-state index contributed by atoms with van der Waals surface area (Å²) in [4.78, 5) is 11.5. The molecular weight excluding hydrogens is 238 g/mol. The van der Waals surface area contributed by atoms with Crippen LogP contribution >= 0.6 is 0 Å². The van der Waals surface area contributed by atoms with Gasteiger partial charge >= 0.3 is 0 Å². The van der Waals surface area contributed by atoms with Gasteiger partial charge in [0.05, 0.1) is 5.56 Å². The maximum Gasteiger partial charge on any atom is 0.266 e. The lowest BCUT2D eigenvalue weighted by Gasteiger charge is -2.00. The topological polar surface area (TPSA) is 59.5 Å². The van der Waals surface area contributed by atoms with Crippen LogP contribution in [0.15, 0.2) is 60.9 Å². The third-order valence-corrected chi connectivity index (χ3v) is 3.09. The lowest BCUT2D eigenvalue weighted by atomic mass is 10.1. The quantitative estimate of drug-likeness (QED) is 0.417. The highest BCUT2D eigenvalue weighted by molar-refractivity contribution is 5.94. The monoisotopic (exact) mass is 251 g/mol. The standard InChI is InChI=1S/C15H13N3O/c16-17-15(19)12-6-7-14-8-13(10-18(14)9-12)11-4-2-1-3-5-11/h1-10H,16H2,(H,17,19). The van der Waals surface area contributed by atoms with Gasteiger partial charge in [-0.15, -0.1) is 0 Å². The van der Waals surface area contributed by atoms with E-state index < -0.39 is 0 Å². The molecule has 0 bridgehead atoms. The van der Waals surface area contributed by atoms with Gasteiger partial charge in [-0.25, -0.2) is 5.84 Å². The smallest absolute Gasteiger partial charge is 0.266 e. The van der Waals surface area contributed by atoms with Gasteiger partial charge in [-0.2, -0.15) is 0 Å². The van der Waals surface area contributed by atoms with Crippen LogP contribution in [0.25, 0.3) is 16.6 Å². The van der Waals surface area contributed by atoms with Crippen LogP contribution in [0.4, 0.5) is 0 Å². The normalized spacial score (nSPS) is 10.6. The molecular formula is C15H13N3O. The predicted octanol–water partition coefficient (Wildman–Crippen LogP) is 2.21. The summed E-state index contributed by atoms with van der Waals surface area (Å²) in [5.41, 5.74) is 5.97. The van der Waals surface area contributed by atoms with E-state index in [1.165, 1.54) is 0 Å². The molecule has 1 aromatic carbocycles. The van der Waals surface area contributed by atoms with Crippen LogP contribution in [0, 0.1) is 0 Å². The van der Waals surface area contributed by atoms with Crippen molar-refractivity contribution >= 4 is 11.4 Å². The fraction of sp³-hybridized carbons (Fsp3) is 0. The molecule has 0 aliphatic heterocycles. The zero-order chi connectivity index (χ0) is 13.2. The Labute approximate surface area is 110 Å². The summed E-state index contributed by atoms with van der Waals surface area (Å²) >= 11 is 0. The Balaban J connectivity index is 2.09. The van der Waals surface area contributed by atoms with Crippen molar-refractivity contribution in [2.75, 3.05) is 0 Å². The molecule has 4 heteroatoms. The van der Waals surface area contributed by atoms with Crippen molar-refractivity contribution in [3.8, 4) is 11.1 Å². The highest BCUT2D eigenvalue weighted by Crippen LogP contribution is 2.22. The molecule has 0 saturated heterocycles. The van der Waals surface area contributed by atoms with Crippen LogP contribution in [0.5, 0.6) is 0 Å². The molecule has 2 aromatic heterocycles. The number of hydrogen-bond donors (Lipinski definition) is 2. The van der Waals surface area contributed by atoms with Crippen molar-refractivity contribution < 1.29 is 4.79 Å². The number of nitrogens with zero attached hydrogens (tertiary/aromatic N) is 1.